The van der Waals surface area contributed by atoms with E-state index in [1.807, 2.05) is 0 Å². The van der Waals surface area contributed by atoms with Gasteiger partial charge in [-0.2, -0.15) is 0 Å². The summed E-state index contributed by atoms with van der Waals surface area (Å²) in [6, 6.07) is 72.6. The van der Waals surface area contributed by atoms with Gasteiger partial charge >= 0.3 is 0 Å². The second-order valence-electron chi connectivity index (χ2n) is 15.6. The van der Waals surface area contributed by atoms with Crippen molar-refractivity contribution >= 4 is 97.5 Å². The Morgan fingerprint density at radius 2 is 0.881 bits per heavy atom. The standard InChI is InChI=1S/C56H33N3/c1-2-14-34(15-3-1)38-27-28-47(44-24-11-8-20-40(38)44)55-56(57-49-30-26-35-16-6-7-19-39(35)54(49)58-55)59-50-31-29-46-43-23-10-9-21-41(43)42-22-12-13-25-45(42)52(46)53(50)48-32-36-17-4-5-18-37(36)33-51(48)59/h1-33H. The molecule has 0 N–H and O–H groups in total. The first-order valence-electron chi connectivity index (χ1n) is 20.2. The van der Waals surface area contributed by atoms with Crippen molar-refractivity contribution in [2.45, 2.75) is 0 Å². The van der Waals surface area contributed by atoms with Crippen LogP contribution in [0.25, 0.3) is 126 Å². The van der Waals surface area contributed by atoms with E-state index in [0.29, 0.717) is 0 Å². The maximum absolute atomic E-state index is 5.73. The zero-order valence-electron chi connectivity index (χ0n) is 31.9. The van der Waals surface area contributed by atoms with E-state index in [1.54, 1.807) is 0 Å². The monoisotopic (exact) mass is 747 g/mol. The Labute approximate surface area is 339 Å². The number of hydrogen-bond acceptors (Lipinski definition) is 2. The molecule has 2 heterocycles. The molecule has 0 unspecified atom stereocenters. The fourth-order valence-electron chi connectivity index (χ4n) is 9.91. The van der Waals surface area contributed by atoms with Crippen LogP contribution in [0.5, 0.6) is 0 Å². The first kappa shape index (κ1) is 32.2. The Kier molecular flexibility index (Phi) is 6.72. The first-order valence-corrected chi connectivity index (χ1v) is 20.2. The highest BCUT2D eigenvalue weighted by atomic mass is 15.1. The van der Waals surface area contributed by atoms with Gasteiger partial charge in [0, 0.05) is 27.1 Å². The van der Waals surface area contributed by atoms with Crippen molar-refractivity contribution in [2.75, 3.05) is 0 Å². The van der Waals surface area contributed by atoms with Gasteiger partial charge in [-0.1, -0.05) is 176 Å². The van der Waals surface area contributed by atoms with Gasteiger partial charge in [0.25, 0.3) is 0 Å². The molecule has 0 aliphatic heterocycles. The normalized spacial score (nSPS) is 12.1. The van der Waals surface area contributed by atoms with E-state index in [2.05, 4.69) is 205 Å². The quantitative estimate of drug-likeness (QED) is 0.169. The molecule has 272 valence electrons. The van der Waals surface area contributed by atoms with Crippen LogP contribution in [-0.4, -0.2) is 14.5 Å². The Morgan fingerprint density at radius 3 is 1.63 bits per heavy atom. The van der Waals surface area contributed by atoms with E-state index in [1.165, 1.54) is 70.4 Å². The molecule has 2 aromatic heterocycles. The molecule has 3 nitrogen and oxygen atoms in total. The molecule has 0 aliphatic carbocycles. The van der Waals surface area contributed by atoms with Crippen LogP contribution in [0, 0.1) is 0 Å². The molecule has 0 saturated carbocycles. The third-order valence-corrected chi connectivity index (χ3v) is 12.5. The first-order chi connectivity index (χ1) is 29.3. The molecule has 0 fully saturated rings. The fourth-order valence-corrected chi connectivity index (χ4v) is 9.91. The zero-order chi connectivity index (χ0) is 38.6. The predicted octanol–water partition coefficient (Wildman–Crippen LogP) is 15.0. The summed E-state index contributed by atoms with van der Waals surface area (Å²) in [5.74, 6) is 0.810. The minimum atomic E-state index is 0.810. The molecule has 13 aromatic rings. The molecule has 0 bridgehead atoms. The molecule has 59 heavy (non-hydrogen) atoms. The van der Waals surface area contributed by atoms with Crippen LogP contribution in [0.15, 0.2) is 200 Å². The van der Waals surface area contributed by atoms with Gasteiger partial charge in [-0.15, -0.1) is 0 Å². The van der Waals surface area contributed by atoms with Gasteiger partial charge < -0.3 is 0 Å². The third-order valence-electron chi connectivity index (χ3n) is 12.5. The van der Waals surface area contributed by atoms with Gasteiger partial charge in [0.05, 0.1) is 22.1 Å². The van der Waals surface area contributed by atoms with Crippen LogP contribution in [0.4, 0.5) is 0 Å². The predicted molar refractivity (Wildman–Crippen MR) is 250 cm³/mol. The van der Waals surface area contributed by atoms with Crippen molar-refractivity contribution in [3.8, 4) is 28.2 Å². The van der Waals surface area contributed by atoms with Gasteiger partial charge in [0.2, 0.25) is 0 Å². The zero-order valence-corrected chi connectivity index (χ0v) is 31.9. The van der Waals surface area contributed by atoms with Crippen molar-refractivity contribution in [1.29, 1.82) is 0 Å². The summed E-state index contributed by atoms with van der Waals surface area (Å²) in [6.07, 6.45) is 0. The van der Waals surface area contributed by atoms with Gasteiger partial charge in [-0.3, -0.25) is 4.57 Å². The molecule has 0 radical (unpaired) electrons. The van der Waals surface area contributed by atoms with Gasteiger partial charge in [-0.05, 0) is 89.3 Å². The average molecular weight is 748 g/mol. The van der Waals surface area contributed by atoms with E-state index < -0.39 is 0 Å². The molecule has 0 saturated heterocycles. The van der Waals surface area contributed by atoms with E-state index in [-0.39, 0.29) is 0 Å². The minimum Gasteiger partial charge on any atom is -0.292 e. The highest BCUT2D eigenvalue weighted by Gasteiger charge is 2.24. The number of rotatable bonds is 3. The number of hydrogen-bond donors (Lipinski definition) is 0. The Morgan fingerprint density at radius 1 is 0.322 bits per heavy atom. The van der Waals surface area contributed by atoms with Crippen molar-refractivity contribution in [2.24, 2.45) is 0 Å². The lowest BCUT2D eigenvalue weighted by atomic mass is 9.91. The molecular weight excluding hydrogens is 715 g/mol. The van der Waals surface area contributed by atoms with Crippen LogP contribution in [0.1, 0.15) is 0 Å². The summed E-state index contributed by atoms with van der Waals surface area (Å²) in [5.41, 5.74) is 8.23. The van der Waals surface area contributed by atoms with E-state index in [9.17, 15) is 0 Å². The van der Waals surface area contributed by atoms with Gasteiger partial charge in [-0.25, -0.2) is 9.97 Å². The van der Waals surface area contributed by atoms with E-state index in [4.69, 9.17) is 9.97 Å². The summed E-state index contributed by atoms with van der Waals surface area (Å²) < 4.78 is 2.40. The summed E-state index contributed by atoms with van der Waals surface area (Å²) in [6.45, 7) is 0. The molecule has 0 amide bonds. The molecule has 0 spiro atoms. The van der Waals surface area contributed by atoms with Crippen molar-refractivity contribution in [1.82, 2.24) is 14.5 Å². The molecule has 0 aliphatic rings. The van der Waals surface area contributed by atoms with Gasteiger partial charge in [0.1, 0.15) is 5.69 Å². The largest absolute Gasteiger partial charge is 0.292 e. The third kappa shape index (κ3) is 4.64. The summed E-state index contributed by atoms with van der Waals surface area (Å²) >= 11 is 0. The topological polar surface area (TPSA) is 30.7 Å². The Hall–Kier alpha value is -7.88. The van der Waals surface area contributed by atoms with Gasteiger partial charge in [0.15, 0.2) is 5.82 Å². The second-order valence-corrected chi connectivity index (χ2v) is 15.6. The summed E-state index contributed by atoms with van der Waals surface area (Å²) in [5, 5.41) is 16.9. The van der Waals surface area contributed by atoms with E-state index >= 15 is 0 Å². The van der Waals surface area contributed by atoms with Crippen LogP contribution >= 0.6 is 0 Å². The van der Waals surface area contributed by atoms with Crippen LogP contribution < -0.4 is 0 Å². The second kappa shape index (κ2) is 12.3. The minimum absolute atomic E-state index is 0.810. The average Bonchev–Trinajstić information content (AvgIpc) is 3.63. The van der Waals surface area contributed by atoms with Crippen LogP contribution in [0.3, 0.4) is 0 Å². The summed E-state index contributed by atoms with van der Waals surface area (Å²) in [7, 11) is 0. The lowest BCUT2D eigenvalue weighted by Gasteiger charge is -2.17. The van der Waals surface area contributed by atoms with Crippen LogP contribution in [-0.2, 0) is 0 Å². The highest BCUT2D eigenvalue weighted by molar-refractivity contribution is 6.36. The van der Waals surface area contributed by atoms with E-state index in [0.717, 1.165) is 55.3 Å². The number of fused-ring (bicyclic) bond motifs is 15. The molecule has 3 heteroatoms. The molecule has 13 rings (SSSR count). The number of aromatic nitrogens is 3. The Bertz CT molecular complexity index is 3860. The Balaban J connectivity index is 1.24. The fraction of sp³-hybridized carbons (Fsp3) is 0. The molecular formula is C56H33N3. The maximum atomic E-state index is 5.73. The van der Waals surface area contributed by atoms with Crippen molar-refractivity contribution < 1.29 is 0 Å². The summed E-state index contributed by atoms with van der Waals surface area (Å²) in [4.78, 5) is 11.4. The lowest BCUT2D eigenvalue weighted by Crippen LogP contribution is -2.04. The molecule has 11 aromatic carbocycles. The van der Waals surface area contributed by atoms with Crippen LogP contribution in [0.2, 0.25) is 0 Å². The van der Waals surface area contributed by atoms with Crippen molar-refractivity contribution in [3.05, 3.63) is 200 Å². The van der Waals surface area contributed by atoms with Crippen molar-refractivity contribution in [3.63, 3.8) is 0 Å². The highest BCUT2D eigenvalue weighted by Crippen LogP contribution is 2.46. The molecule has 0 atom stereocenters. The number of nitrogens with zero attached hydrogens (tertiary/aromatic N) is 3. The SMILES string of the molecule is c1ccc(-c2ccc(-c3nc4c(ccc5ccccc54)nc3-n3c4cc5ccccc5cc4c4c5c6ccccc6c6ccccc6c5ccc43)c3ccccc23)cc1. The number of benzene rings is 11. The lowest BCUT2D eigenvalue weighted by molar-refractivity contribution is 1.08. The smallest absolute Gasteiger partial charge is 0.165 e. The maximum Gasteiger partial charge on any atom is 0.165 e.